The molecule has 0 saturated carbocycles. The molecule has 0 heterocycles. The van der Waals surface area contributed by atoms with Crippen molar-refractivity contribution in [1.82, 2.24) is 10.7 Å². The van der Waals surface area contributed by atoms with Crippen LogP contribution in [0.5, 0.6) is 5.75 Å². The maximum absolute atomic E-state index is 11.3. The highest BCUT2D eigenvalue weighted by atomic mass is 16.3. The van der Waals surface area contributed by atoms with E-state index in [-0.39, 0.29) is 12.2 Å². The van der Waals surface area contributed by atoms with E-state index >= 15 is 0 Å². The van der Waals surface area contributed by atoms with E-state index in [4.69, 9.17) is 0 Å². The first kappa shape index (κ1) is 14.4. The molecule has 0 atom stereocenters. The van der Waals surface area contributed by atoms with Crippen LogP contribution in [-0.2, 0) is 9.59 Å². The highest BCUT2D eigenvalue weighted by molar-refractivity contribution is 5.97. The highest BCUT2D eigenvalue weighted by Crippen LogP contribution is 2.12. The van der Waals surface area contributed by atoms with Crippen molar-refractivity contribution in [2.75, 3.05) is 6.54 Å². The number of nitrogens with one attached hydrogen (secondary N) is 2. The molecule has 0 unspecified atom stereocenters. The molecule has 1 aromatic rings. The van der Waals surface area contributed by atoms with Crippen LogP contribution in [0.25, 0.3) is 0 Å². The van der Waals surface area contributed by atoms with Gasteiger partial charge in [-0.2, -0.15) is 5.10 Å². The Morgan fingerprint density at radius 3 is 2.74 bits per heavy atom. The molecule has 0 saturated heterocycles. The van der Waals surface area contributed by atoms with Crippen molar-refractivity contribution in [3.63, 3.8) is 0 Å². The fourth-order valence-electron chi connectivity index (χ4n) is 1.20. The van der Waals surface area contributed by atoms with Gasteiger partial charge in [-0.1, -0.05) is 18.2 Å². The number of carbonyl (C=O) groups is 2. The fraction of sp³-hybridized carbons (Fsp3) is 0.154. The van der Waals surface area contributed by atoms with Crippen molar-refractivity contribution in [3.8, 4) is 5.75 Å². The third kappa shape index (κ3) is 5.49. The molecular formula is C13H15N3O3. The summed E-state index contributed by atoms with van der Waals surface area (Å²) in [5.41, 5.74) is 2.67. The van der Waals surface area contributed by atoms with Gasteiger partial charge in [0.25, 0.3) is 0 Å². The molecular weight excluding hydrogens is 246 g/mol. The topological polar surface area (TPSA) is 90.8 Å². The Morgan fingerprint density at radius 1 is 1.32 bits per heavy atom. The van der Waals surface area contributed by atoms with Crippen molar-refractivity contribution in [1.29, 1.82) is 0 Å². The summed E-state index contributed by atoms with van der Waals surface area (Å²) in [6, 6.07) is 6.55. The summed E-state index contributed by atoms with van der Waals surface area (Å²) in [5, 5.41) is 15.6. The van der Waals surface area contributed by atoms with E-state index < -0.39 is 11.8 Å². The maximum atomic E-state index is 11.3. The van der Waals surface area contributed by atoms with Gasteiger partial charge in [0, 0.05) is 12.1 Å². The van der Waals surface area contributed by atoms with Gasteiger partial charge in [-0.3, -0.25) is 9.59 Å². The Bertz CT molecular complexity index is 498. The number of hydrogen-bond acceptors (Lipinski definition) is 4. The van der Waals surface area contributed by atoms with Gasteiger partial charge in [0.1, 0.15) is 12.2 Å². The molecule has 3 N–H and O–H groups in total. The van der Waals surface area contributed by atoms with E-state index in [0.717, 1.165) is 0 Å². The summed E-state index contributed by atoms with van der Waals surface area (Å²) in [6.07, 6.45) is 2.51. The predicted molar refractivity (Wildman–Crippen MR) is 71.7 cm³/mol. The average molecular weight is 261 g/mol. The number of phenolic OH excluding ortho intramolecular Hbond substituents is 1. The molecule has 0 aliphatic carbocycles. The molecule has 6 nitrogen and oxygen atoms in total. The smallest absolute Gasteiger partial charge is 0.249 e. The Balaban J connectivity index is 2.40. The van der Waals surface area contributed by atoms with Crippen LogP contribution >= 0.6 is 0 Å². The van der Waals surface area contributed by atoms with Gasteiger partial charge in [0.05, 0.1) is 6.21 Å². The summed E-state index contributed by atoms with van der Waals surface area (Å²) in [4.78, 5) is 22.5. The number of hydrogen-bond donors (Lipinski definition) is 3. The van der Waals surface area contributed by atoms with E-state index in [1.165, 1.54) is 18.4 Å². The third-order valence-corrected chi connectivity index (χ3v) is 2.09. The number of amides is 2. The number of para-hydroxylation sites is 1. The van der Waals surface area contributed by atoms with Crippen molar-refractivity contribution in [2.45, 2.75) is 6.42 Å². The lowest BCUT2D eigenvalue weighted by Crippen LogP contribution is -2.29. The number of aromatic hydroxyl groups is 1. The van der Waals surface area contributed by atoms with Crippen LogP contribution in [0, 0.1) is 0 Å². The Morgan fingerprint density at radius 2 is 2.05 bits per heavy atom. The molecule has 0 aliphatic rings. The molecule has 6 heteroatoms. The summed E-state index contributed by atoms with van der Waals surface area (Å²) in [5.74, 6) is -0.882. The summed E-state index contributed by atoms with van der Waals surface area (Å²) >= 11 is 0. The highest BCUT2D eigenvalue weighted by Gasteiger charge is 2.06. The Labute approximate surface area is 110 Å². The van der Waals surface area contributed by atoms with Crippen LogP contribution in [0.15, 0.2) is 42.0 Å². The molecule has 0 aromatic heterocycles. The van der Waals surface area contributed by atoms with E-state index in [1.54, 1.807) is 18.2 Å². The average Bonchev–Trinajstić information content (AvgIpc) is 2.38. The van der Waals surface area contributed by atoms with Crippen LogP contribution in [0.4, 0.5) is 0 Å². The third-order valence-electron chi connectivity index (χ3n) is 2.09. The first-order chi connectivity index (χ1) is 9.13. The van der Waals surface area contributed by atoms with Gasteiger partial charge in [0.2, 0.25) is 11.8 Å². The van der Waals surface area contributed by atoms with Crippen molar-refractivity contribution >= 4 is 18.0 Å². The lowest BCUT2D eigenvalue weighted by Gasteiger charge is -2.01. The van der Waals surface area contributed by atoms with Gasteiger partial charge >= 0.3 is 0 Å². The van der Waals surface area contributed by atoms with Gasteiger partial charge in [-0.05, 0) is 12.1 Å². The summed E-state index contributed by atoms with van der Waals surface area (Å²) < 4.78 is 0. The quantitative estimate of drug-likeness (QED) is 0.302. The second-order valence-electron chi connectivity index (χ2n) is 3.62. The summed E-state index contributed by atoms with van der Waals surface area (Å²) in [7, 11) is 0. The van der Waals surface area contributed by atoms with Crippen LogP contribution < -0.4 is 10.7 Å². The number of hydrazone groups is 1. The lowest BCUT2D eigenvalue weighted by atomic mass is 10.2. The largest absolute Gasteiger partial charge is 0.507 e. The van der Waals surface area contributed by atoms with Crippen LogP contribution in [0.1, 0.15) is 12.0 Å². The number of rotatable bonds is 6. The Hall–Kier alpha value is -2.63. The van der Waals surface area contributed by atoms with E-state index in [9.17, 15) is 14.7 Å². The molecule has 2 amide bonds. The van der Waals surface area contributed by atoms with Crippen LogP contribution in [0.2, 0.25) is 0 Å². The normalized spacial score (nSPS) is 10.1. The second-order valence-corrected chi connectivity index (χ2v) is 3.62. The molecule has 0 spiro atoms. The predicted octanol–water partition coefficient (Wildman–Crippen LogP) is 0.535. The van der Waals surface area contributed by atoms with Gasteiger partial charge in [0.15, 0.2) is 0 Å². The Kier molecular flexibility index (Phi) is 5.81. The van der Waals surface area contributed by atoms with Gasteiger partial charge in [-0.25, -0.2) is 5.43 Å². The van der Waals surface area contributed by atoms with Crippen molar-refractivity contribution < 1.29 is 14.7 Å². The first-order valence-corrected chi connectivity index (χ1v) is 5.61. The lowest BCUT2D eigenvalue weighted by molar-refractivity contribution is -0.129. The molecule has 19 heavy (non-hydrogen) atoms. The SMILES string of the molecule is C=CCNC(=O)CC(=O)N/N=C\c1ccccc1O. The molecule has 0 radical (unpaired) electrons. The zero-order chi connectivity index (χ0) is 14.1. The molecule has 100 valence electrons. The zero-order valence-corrected chi connectivity index (χ0v) is 10.3. The van der Waals surface area contributed by atoms with Crippen LogP contribution in [-0.4, -0.2) is 29.7 Å². The molecule has 0 fully saturated rings. The van der Waals surface area contributed by atoms with Crippen LogP contribution in [0.3, 0.4) is 0 Å². The number of carbonyl (C=O) groups excluding carboxylic acids is 2. The minimum Gasteiger partial charge on any atom is -0.507 e. The minimum atomic E-state index is -0.534. The minimum absolute atomic E-state index is 0.0595. The second kappa shape index (κ2) is 7.65. The number of phenols is 1. The van der Waals surface area contributed by atoms with Gasteiger partial charge in [-0.15, -0.1) is 6.58 Å². The molecule has 0 aliphatic heterocycles. The van der Waals surface area contributed by atoms with Crippen molar-refractivity contribution in [3.05, 3.63) is 42.5 Å². The first-order valence-electron chi connectivity index (χ1n) is 5.61. The number of benzene rings is 1. The number of nitrogens with zero attached hydrogens (tertiary/aromatic N) is 1. The van der Waals surface area contributed by atoms with E-state index in [2.05, 4.69) is 22.4 Å². The van der Waals surface area contributed by atoms with E-state index in [1.807, 2.05) is 0 Å². The standard InChI is InChI=1S/C13H15N3O3/c1-2-7-14-12(18)8-13(19)16-15-9-10-5-3-4-6-11(10)17/h2-6,9,17H,1,7-8H2,(H,14,18)(H,16,19)/b15-9-. The molecule has 0 bridgehead atoms. The van der Waals surface area contributed by atoms with E-state index in [0.29, 0.717) is 12.1 Å². The zero-order valence-electron chi connectivity index (χ0n) is 10.3. The monoisotopic (exact) mass is 261 g/mol. The van der Waals surface area contributed by atoms with Gasteiger partial charge < -0.3 is 10.4 Å². The molecule has 1 rings (SSSR count). The van der Waals surface area contributed by atoms with Crippen molar-refractivity contribution in [2.24, 2.45) is 5.10 Å². The molecule has 1 aromatic carbocycles. The maximum Gasteiger partial charge on any atom is 0.249 e. The fourth-order valence-corrected chi connectivity index (χ4v) is 1.20. The summed E-state index contributed by atoms with van der Waals surface area (Å²) in [6.45, 7) is 3.75.